The molecule has 19 heavy (non-hydrogen) atoms. The van der Waals surface area contributed by atoms with Gasteiger partial charge in [-0.25, -0.2) is 0 Å². The van der Waals surface area contributed by atoms with Crippen LogP contribution in [0.2, 0.25) is 0 Å². The SMILES string of the molecule is CC(CNC(=O)C1(C)CCCCN1)CN1CCCC1. The molecule has 2 N–H and O–H groups in total. The summed E-state index contributed by atoms with van der Waals surface area (Å²) in [4.78, 5) is 14.8. The molecule has 1 amide bonds. The molecule has 0 bridgehead atoms. The Morgan fingerprint density at radius 1 is 1.32 bits per heavy atom. The highest BCUT2D eigenvalue weighted by atomic mass is 16.2. The first-order valence-electron chi connectivity index (χ1n) is 7.86. The predicted molar refractivity (Wildman–Crippen MR) is 78.1 cm³/mol. The molecule has 0 aromatic rings. The van der Waals surface area contributed by atoms with Crippen molar-refractivity contribution in [1.29, 1.82) is 0 Å². The predicted octanol–water partition coefficient (Wildman–Crippen LogP) is 1.37. The Bertz CT molecular complexity index is 294. The van der Waals surface area contributed by atoms with Gasteiger partial charge in [0.25, 0.3) is 0 Å². The number of piperidine rings is 1. The van der Waals surface area contributed by atoms with Crippen molar-refractivity contribution in [2.24, 2.45) is 5.92 Å². The fourth-order valence-corrected chi connectivity index (χ4v) is 3.18. The summed E-state index contributed by atoms with van der Waals surface area (Å²) in [5.74, 6) is 0.717. The third kappa shape index (κ3) is 4.18. The van der Waals surface area contributed by atoms with Gasteiger partial charge in [-0.2, -0.15) is 0 Å². The fraction of sp³-hybridized carbons (Fsp3) is 0.933. The van der Waals surface area contributed by atoms with Gasteiger partial charge >= 0.3 is 0 Å². The first kappa shape index (κ1) is 14.8. The highest BCUT2D eigenvalue weighted by molar-refractivity contribution is 5.85. The van der Waals surface area contributed by atoms with Crippen LogP contribution in [0.5, 0.6) is 0 Å². The Morgan fingerprint density at radius 2 is 2.05 bits per heavy atom. The molecule has 0 aromatic carbocycles. The van der Waals surface area contributed by atoms with Crippen molar-refractivity contribution >= 4 is 5.91 Å². The van der Waals surface area contributed by atoms with Crippen LogP contribution in [0, 0.1) is 5.92 Å². The first-order valence-corrected chi connectivity index (χ1v) is 7.86. The van der Waals surface area contributed by atoms with Gasteiger partial charge in [-0.1, -0.05) is 6.92 Å². The average Bonchev–Trinajstić information content (AvgIpc) is 2.89. The van der Waals surface area contributed by atoms with Gasteiger partial charge in [0.1, 0.15) is 0 Å². The van der Waals surface area contributed by atoms with E-state index in [0.29, 0.717) is 5.92 Å². The third-order valence-electron chi connectivity index (χ3n) is 4.50. The van der Waals surface area contributed by atoms with Gasteiger partial charge in [-0.3, -0.25) is 4.79 Å². The number of rotatable bonds is 5. The van der Waals surface area contributed by atoms with Gasteiger partial charge in [0.15, 0.2) is 0 Å². The normalized spacial score (nSPS) is 30.2. The lowest BCUT2D eigenvalue weighted by atomic mass is 9.90. The highest BCUT2D eigenvalue weighted by Gasteiger charge is 2.34. The lowest BCUT2D eigenvalue weighted by molar-refractivity contribution is -0.128. The van der Waals surface area contributed by atoms with E-state index in [0.717, 1.165) is 32.5 Å². The second-order valence-electron chi connectivity index (χ2n) is 6.54. The van der Waals surface area contributed by atoms with E-state index in [9.17, 15) is 4.79 Å². The molecule has 2 saturated heterocycles. The molecule has 0 aliphatic carbocycles. The second kappa shape index (κ2) is 6.71. The van der Waals surface area contributed by atoms with Crippen molar-refractivity contribution in [2.75, 3.05) is 32.7 Å². The monoisotopic (exact) mass is 267 g/mol. The van der Waals surface area contributed by atoms with E-state index in [4.69, 9.17) is 0 Å². The van der Waals surface area contributed by atoms with Crippen LogP contribution in [0.3, 0.4) is 0 Å². The lowest BCUT2D eigenvalue weighted by Crippen LogP contribution is -2.57. The van der Waals surface area contributed by atoms with E-state index < -0.39 is 0 Å². The van der Waals surface area contributed by atoms with Gasteiger partial charge in [0.2, 0.25) is 5.91 Å². The number of nitrogens with zero attached hydrogens (tertiary/aromatic N) is 1. The molecule has 0 radical (unpaired) electrons. The minimum Gasteiger partial charge on any atom is -0.354 e. The zero-order valence-electron chi connectivity index (χ0n) is 12.5. The molecule has 4 nitrogen and oxygen atoms in total. The molecule has 2 atom stereocenters. The molecule has 2 heterocycles. The maximum absolute atomic E-state index is 12.3. The van der Waals surface area contributed by atoms with Crippen LogP contribution in [0.1, 0.15) is 46.0 Å². The molecule has 0 saturated carbocycles. The number of nitrogens with one attached hydrogen (secondary N) is 2. The summed E-state index contributed by atoms with van der Waals surface area (Å²) in [7, 11) is 0. The molecule has 4 heteroatoms. The summed E-state index contributed by atoms with van der Waals surface area (Å²) in [6.45, 7) is 9.61. The zero-order valence-corrected chi connectivity index (χ0v) is 12.5. The number of hydrogen-bond donors (Lipinski definition) is 2. The minimum atomic E-state index is -0.342. The van der Waals surface area contributed by atoms with Gasteiger partial charge in [-0.15, -0.1) is 0 Å². The summed E-state index contributed by atoms with van der Waals surface area (Å²) in [6.07, 6.45) is 5.97. The van der Waals surface area contributed by atoms with E-state index in [-0.39, 0.29) is 11.4 Å². The van der Waals surface area contributed by atoms with E-state index in [1.54, 1.807) is 0 Å². The molecule has 2 unspecified atom stereocenters. The molecule has 2 aliphatic heterocycles. The van der Waals surface area contributed by atoms with Crippen molar-refractivity contribution in [1.82, 2.24) is 15.5 Å². The van der Waals surface area contributed by atoms with Crippen molar-refractivity contribution in [2.45, 2.75) is 51.5 Å². The molecule has 2 rings (SSSR count). The van der Waals surface area contributed by atoms with Crippen LogP contribution >= 0.6 is 0 Å². The number of carbonyl (C=O) groups excluding carboxylic acids is 1. The second-order valence-corrected chi connectivity index (χ2v) is 6.54. The van der Waals surface area contributed by atoms with Gasteiger partial charge in [0, 0.05) is 13.1 Å². The molecule has 0 aromatic heterocycles. The minimum absolute atomic E-state index is 0.181. The summed E-state index contributed by atoms with van der Waals surface area (Å²) in [5.41, 5.74) is -0.342. The molecular formula is C15H29N3O. The summed E-state index contributed by atoms with van der Waals surface area (Å²) in [5, 5.41) is 6.51. The summed E-state index contributed by atoms with van der Waals surface area (Å²) < 4.78 is 0. The Morgan fingerprint density at radius 3 is 2.68 bits per heavy atom. The van der Waals surface area contributed by atoms with Gasteiger partial charge < -0.3 is 15.5 Å². The maximum Gasteiger partial charge on any atom is 0.240 e. The van der Waals surface area contributed by atoms with E-state index in [2.05, 4.69) is 22.5 Å². The fourth-order valence-electron chi connectivity index (χ4n) is 3.18. The van der Waals surface area contributed by atoms with Crippen molar-refractivity contribution in [3.8, 4) is 0 Å². The zero-order chi connectivity index (χ0) is 13.7. The van der Waals surface area contributed by atoms with E-state index in [1.807, 2.05) is 6.92 Å². The van der Waals surface area contributed by atoms with Crippen molar-refractivity contribution in [3.63, 3.8) is 0 Å². The molecule has 0 spiro atoms. The van der Waals surface area contributed by atoms with Crippen LogP contribution in [-0.2, 0) is 4.79 Å². The van der Waals surface area contributed by atoms with Crippen molar-refractivity contribution in [3.05, 3.63) is 0 Å². The first-order chi connectivity index (χ1) is 9.10. The average molecular weight is 267 g/mol. The van der Waals surface area contributed by atoms with Crippen LogP contribution in [0.4, 0.5) is 0 Å². The van der Waals surface area contributed by atoms with Crippen LogP contribution in [0.15, 0.2) is 0 Å². The molecular weight excluding hydrogens is 238 g/mol. The van der Waals surface area contributed by atoms with E-state index >= 15 is 0 Å². The van der Waals surface area contributed by atoms with Crippen LogP contribution in [0.25, 0.3) is 0 Å². The quantitative estimate of drug-likeness (QED) is 0.791. The third-order valence-corrected chi connectivity index (χ3v) is 4.50. The van der Waals surface area contributed by atoms with Gasteiger partial charge in [-0.05, 0) is 64.6 Å². The lowest BCUT2D eigenvalue weighted by Gasteiger charge is -2.34. The standard InChI is InChI=1S/C15H29N3O/c1-13(12-18-9-5-6-10-18)11-16-14(19)15(2)7-3-4-8-17-15/h13,17H,3-12H2,1-2H3,(H,16,19). The smallest absolute Gasteiger partial charge is 0.240 e. The number of carbonyl (C=O) groups is 1. The van der Waals surface area contributed by atoms with E-state index in [1.165, 1.54) is 32.4 Å². The molecule has 2 fully saturated rings. The summed E-state index contributed by atoms with van der Waals surface area (Å²) in [6, 6.07) is 0. The number of hydrogen-bond acceptors (Lipinski definition) is 3. The van der Waals surface area contributed by atoms with Gasteiger partial charge in [0.05, 0.1) is 5.54 Å². The van der Waals surface area contributed by atoms with Crippen LogP contribution < -0.4 is 10.6 Å². The Kier molecular flexibility index (Phi) is 5.22. The van der Waals surface area contributed by atoms with Crippen molar-refractivity contribution < 1.29 is 4.79 Å². The molecule has 2 aliphatic rings. The number of amides is 1. The topological polar surface area (TPSA) is 44.4 Å². The highest BCUT2D eigenvalue weighted by Crippen LogP contribution is 2.18. The number of likely N-dealkylation sites (tertiary alicyclic amines) is 1. The largest absolute Gasteiger partial charge is 0.354 e. The Balaban J connectivity index is 1.69. The Labute approximate surface area is 117 Å². The summed E-state index contributed by atoms with van der Waals surface area (Å²) >= 11 is 0. The molecule has 110 valence electrons. The van der Waals surface area contributed by atoms with Crippen LogP contribution in [-0.4, -0.2) is 49.1 Å². The Hall–Kier alpha value is -0.610. The maximum atomic E-state index is 12.3.